The minimum absolute atomic E-state index is 0. The number of benzene rings is 1. The van der Waals surface area contributed by atoms with Gasteiger partial charge in [0.15, 0.2) is 5.82 Å². The number of nitrogens with zero attached hydrogens (tertiary/aromatic N) is 3. The highest BCUT2D eigenvalue weighted by molar-refractivity contribution is 9.10. The SMILES string of the molecule is Cl.NCc1nc(CN(CCO)Cc2cc(Br)ccc2F)no1. The number of rotatable bonds is 7. The lowest BCUT2D eigenvalue weighted by Crippen LogP contribution is -2.27. The molecule has 1 aromatic carbocycles. The number of nitrogens with two attached hydrogens (primary N) is 1. The van der Waals surface area contributed by atoms with Crippen LogP contribution in [0.2, 0.25) is 0 Å². The van der Waals surface area contributed by atoms with Crippen LogP contribution in [-0.4, -0.2) is 33.3 Å². The van der Waals surface area contributed by atoms with Crippen LogP contribution in [0.5, 0.6) is 0 Å². The Morgan fingerprint density at radius 3 is 2.77 bits per heavy atom. The lowest BCUT2D eigenvalue weighted by molar-refractivity contribution is 0.178. The molecule has 0 aliphatic heterocycles. The summed E-state index contributed by atoms with van der Waals surface area (Å²) in [4.78, 5) is 5.93. The van der Waals surface area contributed by atoms with E-state index < -0.39 is 0 Å². The summed E-state index contributed by atoms with van der Waals surface area (Å²) in [6.45, 7) is 1.18. The van der Waals surface area contributed by atoms with Gasteiger partial charge in [0.1, 0.15) is 5.82 Å². The maximum Gasteiger partial charge on any atom is 0.240 e. The molecule has 0 atom stereocenters. The van der Waals surface area contributed by atoms with Crippen LogP contribution in [0.3, 0.4) is 0 Å². The van der Waals surface area contributed by atoms with E-state index in [1.54, 1.807) is 12.1 Å². The molecule has 0 bridgehead atoms. The molecule has 0 spiro atoms. The van der Waals surface area contributed by atoms with Crippen LogP contribution >= 0.6 is 28.3 Å². The van der Waals surface area contributed by atoms with Crippen LogP contribution in [0.1, 0.15) is 17.3 Å². The number of aliphatic hydroxyl groups is 1. The number of hydrogen-bond acceptors (Lipinski definition) is 6. The monoisotopic (exact) mass is 394 g/mol. The molecular weight excluding hydrogens is 379 g/mol. The Hall–Kier alpha value is -1.06. The largest absolute Gasteiger partial charge is 0.395 e. The standard InChI is InChI=1S/C13H16BrFN4O2.ClH/c14-10-1-2-11(15)9(5-10)7-19(3-4-20)8-12-17-13(6-16)21-18-12;/h1-2,5,20H,3-4,6-8,16H2;1H. The van der Waals surface area contributed by atoms with Crippen molar-refractivity contribution in [3.8, 4) is 0 Å². The Balaban J connectivity index is 0.00000242. The minimum atomic E-state index is -0.295. The first kappa shape index (κ1) is 19.0. The Morgan fingerprint density at radius 1 is 1.36 bits per heavy atom. The van der Waals surface area contributed by atoms with Crippen molar-refractivity contribution in [1.82, 2.24) is 15.0 Å². The summed E-state index contributed by atoms with van der Waals surface area (Å²) in [5.41, 5.74) is 5.94. The molecule has 9 heteroatoms. The molecular formula is C13H17BrClFN4O2. The van der Waals surface area contributed by atoms with Gasteiger partial charge in [-0.3, -0.25) is 4.90 Å². The van der Waals surface area contributed by atoms with Crippen molar-refractivity contribution in [1.29, 1.82) is 0 Å². The topological polar surface area (TPSA) is 88.4 Å². The van der Waals surface area contributed by atoms with Crippen molar-refractivity contribution in [3.05, 3.63) is 45.8 Å². The number of aliphatic hydroxyl groups excluding tert-OH is 1. The predicted molar refractivity (Wildman–Crippen MR) is 84.7 cm³/mol. The number of halogens is 3. The summed E-state index contributed by atoms with van der Waals surface area (Å²) >= 11 is 3.32. The second kappa shape index (κ2) is 9.16. The fraction of sp³-hybridized carbons (Fsp3) is 0.385. The van der Waals surface area contributed by atoms with Gasteiger partial charge in [-0.05, 0) is 18.2 Å². The van der Waals surface area contributed by atoms with Crippen LogP contribution < -0.4 is 5.73 Å². The third kappa shape index (κ3) is 5.29. The molecule has 2 rings (SSSR count). The smallest absolute Gasteiger partial charge is 0.240 e. The van der Waals surface area contributed by atoms with Gasteiger partial charge >= 0.3 is 0 Å². The van der Waals surface area contributed by atoms with E-state index in [9.17, 15) is 4.39 Å². The third-order valence-electron chi connectivity index (χ3n) is 2.87. The van der Waals surface area contributed by atoms with Gasteiger partial charge in [-0.2, -0.15) is 4.98 Å². The molecule has 1 aromatic heterocycles. The van der Waals surface area contributed by atoms with Crippen LogP contribution in [0.15, 0.2) is 27.2 Å². The maximum absolute atomic E-state index is 13.8. The van der Waals surface area contributed by atoms with E-state index in [0.717, 1.165) is 4.47 Å². The van der Waals surface area contributed by atoms with Crippen molar-refractivity contribution < 1.29 is 14.0 Å². The zero-order valence-corrected chi connectivity index (χ0v) is 14.1. The summed E-state index contributed by atoms with van der Waals surface area (Å²) < 4.78 is 19.5. The Labute approximate surface area is 142 Å². The summed E-state index contributed by atoms with van der Waals surface area (Å²) in [6.07, 6.45) is 0. The van der Waals surface area contributed by atoms with Gasteiger partial charge in [0.05, 0.1) is 19.7 Å². The summed E-state index contributed by atoms with van der Waals surface area (Å²) in [5.74, 6) is 0.513. The molecule has 1 heterocycles. The van der Waals surface area contributed by atoms with Gasteiger partial charge in [-0.25, -0.2) is 4.39 Å². The fourth-order valence-electron chi connectivity index (χ4n) is 1.90. The first-order chi connectivity index (χ1) is 10.1. The molecule has 122 valence electrons. The van der Waals surface area contributed by atoms with E-state index >= 15 is 0 Å². The molecule has 3 N–H and O–H groups in total. The zero-order chi connectivity index (χ0) is 15.2. The second-order valence-electron chi connectivity index (χ2n) is 4.48. The van der Waals surface area contributed by atoms with E-state index in [2.05, 4.69) is 26.1 Å². The molecule has 2 aromatic rings. The molecule has 0 saturated heterocycles. The molecule has 22 heavy (non-hydrogen) atoms. The van der Waals surface area contributed by atoms with Gasteiger partial charge < -0.3 is 15.4 Å². The van der Waals surface area contributed by atoms with Gasteiger partial charge in [0, 0.05) is 23.1 Å². The molecule has 0 aliphatic carbocycles. The molecule has 0 aliphatic rings. The van der Waals surface area contributed by atoms with Crippen molar-refractivity contribution in [2.75, 3.05) is 13.2 Å². The van der Waals surface area contributed by atoms with Gasteiger partial charge in [0.25, 0.3) is 0 Å². The highest BCUT2D eigenvalue weighted by Crippen LogP contribution is 2.18. The lowest BCUT2D eigenvalue weighted by atomic mass is 10.2. The summed E-state index contributed by atoms with van der Waals surface area (Å²) in [6, 6.07) is 4.75. The third-order valence-corrected chi connectivity index (χ3v) is 3.36. The molecule has 0 unspecified atom stereocenters. The lowest BCUT2D eigenvalue weighted by Gasteiger charge is -2.20. The number of aromatic nitrogens is 2. The Bertz CT molecular complexity index is 599. The van der Waals surface area contributed by atoms with Crippen molar-refractivity contribution in [2.24, 2.45) is 5.73 Å². The normalized spacial score (nSPS) is 10.8. The summed E-state index contributed by atoms with van der Waals surface area (Å²) in [5, 5.41) is 12.9. The van der Waals surface area contributed by atoms with Crippen LogP contribution in [0.4, 0.5) is 4.39 Å². The minimum Gasteiger partial charge on any atom is -0.395 e. The average Bonchev–Trinajstić information content (AvgIpc) is 2.91. The van der Waals surface area contributed by atoms with Crippen molar-refractivity contribution in [2.45, 2.75) is 19.6 Å². The Kier molecular flexibility index (Phi) is 7.91. The first-order valence-electron chi connectivity index (χ1n) is 6.41. The Morgan fingerprint density at radius 2 is 2.14 bits per heavy atom. The quantitative estimate of drug-likeness (QED) is 0.744. The predicted octanol–water partition coefficient (Wildman–Crippen LogP) is 1.85. The number of hydrogen-bond donors (Lipinski definition) is 2. The zero-order valence-electron chi connectivity index (χ0n) is 11.7. The van der Waals surface area contributed by atoms with E-state index in [1.165, 1.54) is 6.07 Å². The molecule has 6 nitrogen and oxygen atoms in total. The van der Waals surface area contributed by atoms with E-state index in [4.69, 9.17) is 15.4 Å². The fourth-order valence-corrected chi connectivity index (χ4v) is 2.31. The van der Waals surface area contributed by atoms with Crippen LogP contribution in [0.25, 0.3) is 0 Å². The van der Waals surface area contributed by atoms with Crippen LogP contribution in [-0.2, 0) is 19.6 Å². The maximum atomic E-state index is 13.8. The van der Waals surface area contributed by atoms with Gasteiger partial charge in [-0.15, -0.1) is 12.4 Å². The highest BCUT2D eigenvalue weighted by atomic mass is 79.9. The molecule has 0 radical (unpaired) electrons. The van der Waals surface area contributed by atoms with Gasteiger partial charge in [-0.1, -0.05) is 21.1 Å². The van der Waals surface area contributed by atoms with Crippen molar-refractivity contribution in [3.63, 3.8) is 0 Å². The van der Waals surface area contributed by atoms with Gasteiger partial charge in [0.2, 0.25) is 5.89 Å². The van der Waals surface area contributed by atoms with E-state index in [1.807, 2.05) is 4.90 Å². The molecule has 0 fully saturated rings. The summed E-state index contributed by atoms with van der Waals surface area (Å²) in [7, 11) is 0. The first-order valence-corrected chi connectivity index (χ1v) is 7.20. The molecule has 0 saturated carbocycles. The van der Waals surface area contributed by atoms with E-state index in [0.29, 0.717) is 36.9 Å². The molecule has 0 amide bonds. The average molecular weight is 396 g/mol. The highest BCUT2D eigenvalue weighted by Gasteiger charge is 2.14. The van der Waals surface area contributed by atoms with Crippen molar-refractivity contribution >= 4 is 28.3 Å². The van der Waals surface area contributed by atoms with Crippen LogP contribution in [0, 0.1) is 5.82 Å². The van der Waals surface area contributed by atoms with E-state index in [-0.39, 0.29) is 31.4 Å². The second-order valence-corrected chi connectivity index (χ2v) is 5.39.